The van der Waals surface area contributed by atoms with Gasteiger partial charge in [-0.3, -0.25) is 9.67 Å². The van der Waals surface area contributed by atoms with E-state index in [0.29, 0.717) is 19.3 Å². The normalized spacial score (nSPS) is 21.6. The fourth-order valence-corrected chi connectivity index (χ4v) is 5.72. The van der Waals surface area contributed by atoms with E-state index >= 15 is 0 Å². The van der Waals surface area contributed by atoms with Gasteiger partial charge in [-0.2, -0.15) is 5.10 Å². The summed E-state index contributed by atoms with van der Waals surface area (Å²) in [6.45, 7) is 7.79. The summed E-state index contributed by atoms with van der Waals surface area (Å²) < 4.78 is 14.0. The number of benzene rings is 2. The summed E-state index contributed by atoms with van der Waals surface area (Å²) in [4.78, 5) is 7.41. The van der Waals surface area contributed by atoms with E-state index < -0.39 is 0 Å². The van der Waals surface area contributed by atoms with Gasteiger partial charge in [0.25, 0.3) is 0 Å². The fourth-order valence-electron chi connectivity index (χ4n) is 5.72. The molecule has 2 aromatic heterocycles. The van der Waals surface area contributed by atoms with E-state index in [1.54, 1.807) is 0 Å². The summed E-state index contributed by atoms with van der Waals surface area (Å²) in [6, 6.07) is 17.5. The van der Waals surface area contributed by atoms with Crippen LogP contribution in [0.3, 0.4) is 0 Å². The Morgan fingerprint density at radius 2 is 1.92 bits per heavy atom. The van der Waals surface area contributed by atoms with Gasteiger partial charge in [-0.1, -0.05) is 41.6 Å². The topological polar surface area (TPSA) is 92.7 Å². The molecule has 4 aromatic rings. The van der Waals surface area contributed by atoms with Crippen LogP contribution in [0.25, 0.3) is 11.1 Å². The zero-order valence-corrected chi connectivity index (χ0v) is 21.6. The van der Waals surface area contributed by atoms with Crippen LogP contribution in [0.1, 0.15) is 34.7 Å². The van der Waals surface area contributed by atoms with Crippen molar-refractivity contribution in [3.63, 3.8) is 0 Å². The zero-order chi connectivity index (χ0) is 25.6. The first kappa shape index (κ1) is 23.3. The Hall–Kier alpha value is -3.79. The standard InChI is InChI=1S/C29H31N7O2/c1-18-26(19(2)38-34-18)21-8-9-25-24(12-21)28(29-27(31-10-11-37-29)20-6-4-3-5-7-20)32-17-35(25)23-15-33-36(16-23)22-13-30-14-22/h3-9,12,15-16,22,27,29-31H,10-11,13-14,17H2,1-2H3. The SMILES string of the molecule is Cc1noc(C)c1-c1ccc2c(c1)C(C1OCCNC1c1ccccc1)=NCN2c1cnn(C2CNC2)c1. The van der Waals surface area contributed by atoms with Crippen LogP contribution in [0.2, 0.25) is 0 Å². The summed E-state index contributed by atoms with van der Waals surface area (Å²) in [6.07, 6.45) is 3.86. The summed E-state index contributed by atoms with van der Waals surface area (Å²) in [5.41, 5.74) is 8.31. The number of rotatable bonds is 5. The first-order chi connectivity index (χ1) is 18.7. The number of anilines is 2. The molecular weight excluding hydrogens is 478 g/mol. The first-order valence-corrected chi connectivity index (χ1v) is 13.2. The van der Waals surface area contributed by atoms with Crippen LogP contribution in [0.5, 0.6) is 0 Å². The van der Waals surface area contributed by atoms with Gasteiger partial charge in [0.05, 0.1) is 47.7 Å². The van der Waals surface area contributed by atoms with Crippen LogP contribution in [-0.4, -0.2) is 59.7 Å². The third-order valence-corrected chi connectivity index (χ3v) is 7.80. The molecule has 0 bridgehead atoms. The second-order valence-electron chi connectivity index (χ2n) is 10.2. The number of morpholine rings is 1. The van der Waals surface area contributed by atoms with Gasteiger partial charge >= 0.3 is 0 Å². The number of hydrogen-bond donors (Lipinski definition) is 2. The van der Waals surface area contributed by atoms with Crippen molar-refractivity contribution in [3.05, 3.63) is 83.5 Å². The van der Waals surface area contributed by atoms with E-state index in [-0.39, 0.29) is 12.1 Å². The van der Waals surface area contributed by atoms with Gasteiger partial charge in [0.15, 0.2) is 0 Å². The van der Waals surface area contributed by atoms with E-state index in [0.717, 1.165) is 64.9 Å². The maximum atomic E-state index is 6.45. The third kappa shape index (κ3) is 3.94. The summed E-state index contributed by atoms with van der Waals surface area (Å²) in [7, 11) is 0. The molecule has 2 unspecified atom stereocenters. The predicted octanol–water partition coefficient (Wildman–Crippen LogP) is 3.93. The minimum atomic E-state index is -0.212. The molecule has 0 saturated carbocycles. The van der Waals surface area contributed by atoms with Crippen molar-refractivity contribution in [1.82, 2.24) is 25.6 Å². The highest BCUT2D eigenvalue weighted by Crippen LogP contribution is 2.39. The highest BCUT2D eigenvalue weighted by molar-refractivity contribution is 6.11. The van der Waals surface area contributed by atoms with Gasteiger partial charge in [-0.15, -0.1) is 0 Å². The van der Waals surface area contributed by atoms with Crippen molar-refractivity contribution in [1.29, 1.82) is 0 Å². The highest BCUT2D eigenvalue weighted by atomic mass is 16.5. The van der Waals surface area contributed by atoms with Gasteiger partial charge in [0.1, 0.15) is 18.5 Å². The Labute approximate surface area is 221 Å². The lowest BCUT2D eigenvalue weighted by molar-refractivity contribution is 0.0381. The Kier molecular flexibility index (Phi) is 5.84. The molecule has 0 radical (unpaired) electrons. The molecule has 2 N–H and O–H groups in total. The van der Waals surface area contributed by atoms with Crippen LogP contribution in [0.15, 0.2) is 70.4 Å². The van der Waals surface area contributed by atoms with Crippen LogP contribution in [-0.2, 0) is 4.74 Å². The van der Waals surface area contributed by atoms with E-state index in [2.05, 4.69) is 79.1 Å². The lowest BCUT2D eigenvalue weighted by atomic mass is 9.89. The smallest absolute Gasteiger partial charge is 0.141 e. The summed E-state index contributed by atoms with van der Waals surface area (Å²) in [5, 5.41) is 15.9. The fraction of sp³-hybridized carbons (Fsp3) is 0.345. The van der Waals surface area contributed by atoms with Crippen molar-refractivity contribution in [2.75, 3.05) is 37.8 Å². The molecule has 9 heteroatoms. The van der Waals surface area contributed by atoms with Crippen molar-refractivity contribution >= 4 is 17.1 Å². The highest BCUT2D eigenvalue weighted by Gasteiger charge is 2.36. The number of fused-ring (bicyclic) bond motifs is 1. The molecule has 2 aromatic carbocycles. The minimum Gasteiger partial charge on any atom is -0.369 e. The molecule has 0 aliphatic carbocycles. The number of nitrogens with zero attached hydrogens (tertiary/aromatic N) is 5. The number of aryl methyl sites for hydroxylation is 2. The molecule has 9 nitrogen and oxygen atoms in total. The van der Waals surface area contributed by atoms with Crippen molar-refractivity contribution in [3.8, 4) is 11.1 Å². The van der Waals surface area contributed by atoms with E-state index in [1.165, 1.54) is 5.56 Å². The van der Waals surface area contributed by atoms with E-state index in [1.807, 2.05) is 26.1 Å². The van der Waals surface area contributed by atoms with Crippen LogP contribution in [0.4, 0.5) is 11.4 Å². The van der Waals surface area contributed by atoms with Gasteiger partial charge in [-0.25, -0.2) is 0 Å². The zero-order valence-electron chi connectivity index (χ0n) is 21.6. The van der Waals surface area contributed by atoms with Crippen molar-refractivity contribution in [2.45, 2.75) is 32.0 Å². The number of nitrogens with one attached hydrogen (secondary N) is 2. The van der Waals surface area contributed by atoms with Gasteiger partial charge in [0, 0.05) is 37.0 Å². The largest absolute Gasteiger partial charge is 0.369 e. The maximum Gasteiger partial charge on any atom is 0.141 e. The molecule has 5 heterocycles. The Bertz CT molecular complexity index is 1470. The molecule has 2 saturated heterocycles. The Balaban J connectivity index is 1.33. The average molecular weight is 510 g/mol. The van der Waals surface area contributed by atoms with E-state index in [4.69, 9.17) is 14.3 Å². The van der Waals surface area contributed by atoms with Gasteiger partial charge in [-0.05, 0) is 37.1 Å². The number of ether oxygens (including phenoxy) is 1. The molecule has 0 spiro atoms. The molecule has 2 fully saturated rings. The van der Waals surface area contributed by atoms with Gasteiger partial charge < -0.3 is 24.8 Å². The first-order valence-electron chi connectivity index (χ1n) is 13.2. The maximum absolute atomic E-state index is 6.45. The predicted molar refractivity (Wildman–Crippen MR) is 146 cm³/mol. The summed E-state index contributed by atoms with van der Waals surface area (Å²) >= 11 is 0. The molecule has 3 aliphatic heterocycles. The van der Waals surface area contributed by atoms with E-state index in [9.17, 15) is 0 Å². The van der Waals surface area contributed by atoms with Crippen molar-refractivity contribution < 1.29 is 9.26 Å². The average Bonchev–Trinajstić information content (AvgIpc) is 3.53. The molecule has 194 valence electrons. The second-order valence-corrected chi connectivity index (χ2v) is 10.2. The quantitative estimate of drug-likeness (QED) is 0.421. The van der Waals surface area contributed by atoms with Crippen LogP contribution in [0, 0.1) is 13.8 Å². The number of aromatic nitrogens is 3. The van der Waals surface area contributed by atoms with Crippen LogP contribution < -0.4 is 15.5 Å². The number of aliphatic imine (C=N–C) groups is 1. The lowest BCUT2D eigenvalue weighted by Crippen LogP contribution is -2.47. The molecule has 7 rings (SSSR count). The van der Waals surface area contributed by atoms with Gasteiger partial charge in [0.2, 0.25) is 0 Å². The molecule has 0 amide bonds. The lowest BCUT2D eigenvalue weighted by Gasteiger charge is -2.38. The molecular formula is C29H31N7O2. The van der Waals surface area contributed by atoms with Crippen molar-refractivity contribution in [2.24, 2.45) is 4.99 Å². The molecule has 3 aliphatic rings. The third-order valence-electron chi connectivity index (χ3n) is 7.80. The number of hydrogen-bond acceptors (Lipinski definition) is 8. The minimum absolute atomic E-state index is 0.0136. The Morgan fingerprint density at radius 1 is 1.05 bits per heavy atom. The second kappa shape index (κ2) is 9.50. The van der Waals surface area contributed by atoms with Crippen LogP contribution >= 0.6 is 0 Å². The molecule has 38 heavy (non-hydrogen) atoms. The molecule has 2 atom stereocenters. The Morgan fingerprint density at radius 3 is 2.68 bits per heavy atom. The monoisotopic (exact) mass is 509 g/mol. The summed E-state index contributed by atoms with van der Waals surface area (Å²) in [5.74, 6) is 0.807.